The zero-order valence-corrected chi connectivity index (χ0v) is 12.7. The Morgan fingerprint density at radius 2 is 1.82 bits per heavy atom. The third-order valence-corrected chi connectivity index (χ3v) is 3.46. The van der Waals surface area contributed by atoms with Gasteiger partial charge in [-0.25, -0.2) is 0 Å². The molecule has 22 heavy (non-hydrogen) atoms. The number of amides is 2. The smallest absolute Gasteiger partial charge is 0.266 e. The molecule has 9 heteroatoms. The van der Waals surface area contributed by atoms with Gasteiger partial charge in [0.05, 0.1) is 18.3 Å². The fourth-order valence-corrected chi connectivity index (χ4v) is 2.00. The second-order valence-corrected chi connectivity index (χ2v) is 6.22. The first-order valence-electron chi connectivity index (χ1n) is 6.57. The fraction of sp³-hybridized carbons (Fsp3) is 0.385. The summed E-state index contributed by atoms with van der Waals surface area (Å²) >= 11 is 0. The van der Waals surface area contributed by atoms with Crippen LogP contribution in [0.1, 0.15) is 5.56 Å². The lowest BCUT2D eigenvalue weighted by molar-refractivity contribution is -0.126. The molecule has 0 aliphatic heterocycles. The summed E-state index contributed by atoms with van der Waals surface area (Å²) in [4.78, 5) is 23.1. The Morgan fingerprint density at radius 3 is 2.41 bits per heavy atom. The Kier molecular flexibility index (Phi) is 6.96. The molecule has 0 spiro atoms. The van der Waals surface area contributed by atoms with Crippen LogP contribution in [0.4, 0.5) is 0 Å². The summed E-state index contributed by atoms with van der Waals surface area (Å²) in [6, 6.07) is 8.43. The lowest BCUT2D eigenvalue weighted by Gasteiger charge is -2.12. The van der Waals surface area contributed by atoms with Crippen molar-refractivity contribution in [3.8, 4) is 0 Å². The molecular weight excluding hydrogens is 310 g/mol. The molecule has 0 heterocycles. The van der Waals surface area contributed by atoms with Crippen molar-refractivity contribution in [1.82, 2.24) is 10.6 Å². The van der Waals surface area contributed by atoms with Crippen molar-refractivity contribution >= 4 is 21.9 Å². The van der Waals surface area contributed by atoms with E-state index in [0.717, 1.165) is 5.56 Å². The molecule has 0 aliphatic rings. The molecule has 0 aromatic heterocycles. The second kappa shape index (κ2) is 8.47. The highest BCUT2D eigenvalue weighted by atomic mass is 32.2. The van der Waals surface area contributed by atoms with Crippen LogP contribution in [0.15, 0.2) is 30.3 Å². The number of carbonyl (C=O) groups excluding carboxylic acids is 2. The van der Waals surface area contributed by atoms with E-state index in [9.17, 15) is 18.0 Å². The summed E-state index contributed by atoms with van der Waals surface area (Å²) in [5.41, 5.74) is 6.64. The van der Waals surface area contributed by atoms with Crippen LogP contribution in [0.5, 0.6) is 0 Å². The SMILES string of the molecule is NC(Cc1ccccc1)C(=O)NCC(=O)NCCS(=O)(=O)O. The molecule has 0 bridgehead atoms. The normalized spacial score (nSPS) is 12.5. The summed E-state index contributed by atoms with van der Waals surface area (Å²) in [6.07, 6.45) is 0.344. The largest absolute Gasteiger partial charge is 0.353 e. The van der Waals surface area contributed by atoms with Crippen LogP contribution in [-0.2, 0) is 26.1 Å². The Hall–Kier alpha value is -1.97. The van der Waals surface area contributed by atoms with Crippen LogP contribution in [0.2, 0.25) is 0 Å². The van der Waals surface area contributed by atoms with Crippen LogP contribution in [0, 0.1) is 0 Å². The van der Waals surface area contributed by atoms with Gasteiger partial charge in [-0.2, -0.15) is 8.42 Å². The van der Waals surface area contributed by atoms with Gasteiger partial charge >= 0.3 is 0 Å². The van der Waals surface area contributed by atoms with Gasteiger partial charge in [-0.15, -0.1) is 0 Å². The monoisotopic (exact) mass is 329 g/mol. The van der Waals surface area contributed by atoms with Gasteiger partial charge in [0.25, 0.3) is 10.1 Å². The summed E-state index contributed by atoms with van der Waals surface area (Å²) in [6.45, 7) is -0.545. The van der Waals surface area contributed by atoms with Crippen molar-refractivity contribution in [2.75, 3.05) is 18.8 Å². The number of nitrogens with one attached hydrogen (secondary N) is 2. The molecular formula is C13H19N3O5S. The molecule has 8 nitrogen and oxygen atoms in total. The molecule has 2 amide bonds. The standard InChI is InChI=1S/C13H19N3O5S/c14-11(8-10-4-2-1-3-5-10)13(18)16-9-12(17)15-6-7-22(19,20)21/h1-5,11H,6-9,14H2,(H,15,17)(H,16,18)(H,19,20,21). The van der Waals surface area contributed by atoms with E-state index in [1.807, 2.05) is 30.3 Å². The van der Waals surface area contributed by atoms with Gasteiger partial charge in [0.15, 0.2) is 0 Å². The van der Waals surface area contributed by atoms with Crippen LogP contribution in [-0.4, -0.2) is 49.7 Å². The Morgan fingerprint density at radius 1 is 1.18 bits per heavy atom. The predicted molar refractivity (Wildman–Crippen MR) is 80.6 cm³/mol. The van der Waals surface area contributed by atoms with Gasteiger partial charge in [-0.3, -0.25) is 14.1 Å². The number of hydrogen-bond donors (Lipinski definition) is 4. The van der Waals surface area contributed by atoms with Crippen molar-refractivity contribution in [3.63, 3.8) is 0 Å². The van der Waals surface area contributed by atoms with Gasteiger partial charge in [0.1, 0.15) is 0 Å². The zero-order chi connectivity index (χ0) is 16.6. The van der Waals surface area contributed by atoms with Crippen molar-refractivity contribution in [2.45, 2.75) is 12.5 Å². The molecule has 0 fully saturated rings. The molecule has 0 saturated heterocycles. The molecule has 1 aromatic rings. The van der Waals surface area contributed by atoms with Crippen molar-refractivity contribution in [3.05, 3.63) is 35.9 Å². The Bertz CT molecular complexity index is 603. The first-order chi connectivity index (χ1) is 10.3. The number of benzene rings is 1. The van der Waals surface area contributed by atoms with Crippen LogP contribution < -0.4 is 16.4 Å². The second-order valence-electron chi connectivity index (χ2n) is 4.65. The predicted octanol–water partition coefficient (Wildman–Crippen LogP) is -1.32. The van der Waals surface area contributed by atoms with Crippen molar-refractivity contribution in [1.29, 1.82) is 0 Å². The molecule has 1 unspecified atom stereocenters. The van der Waals surface area contributed by atoms with Gasteiger partial charge in [-0.05, 0) is 12.0 Å². The topological polar surface area (TPSA) is 139 Å². The molecule has 0 saturated carbocycles. The summed E-state index contributed by atoms with van der Waals surface area (Å²) in [5, 5.41) is 4.61. The van der Waals surface area contributed by atoms with E-state index >= 15 is 0 Å². The quantitative estimate of drug-likeness (QED) is 0.436. The molecule has 1 aromatic carbocycles. The van der Waals surface area contributed by atoms with E-state index in [1.165, 1.54) is 0 Å². The van der Waals surface area contributed by atoms with E-state index < -0.39 is 33.7 Å². The molecule has 5 N–H and O–H groups in total. The van der Waals surface area contributed by atoms with E-state index in [0.29, 0.717) is 6.42 Å². The molecule has 0 radical (unpaired) electrons. The van der Waals surface area contributed by atoms with Gasteiger partial charge < -0.3 is 16.4 Å². The maximum absolute atomic E-state index is 11.7. The van der Waals surface area contributed by atoms with Crippen molar-refractivity contribution < 1.29 is 22.6 Å². The first-order valence-corrected chi connectivity index (χ1v) is 8.18. The minimum absolute atomic E-state index is 0.233. The highest BCUT2D eigenvalue weighted by Gasteiger charge is 2.15. The molecule has 0 aliphatic carbocycles. The Balaban J connectivity index is 2.28. The van der Waals surface area contributed by atoms with E-state index in [2.05, 4.69) is 10.6 Å². The average Bonchev–Trinajstić information content (AvgIpc) is 2.44. The number of carbonyl (C=O) groups is 2. The number of hydrogen-bond acceptors (Lipinski definition) is 5. The number of nitrogens with two attached hydrogens (primary N) is 1. The number of rotatable bonds is 8. The zero-order valence-electron chi connectivity index (χ0n) is 11.9. The van der Waals surface area contributed by atoms with Crippen LogP contribution >= 0.6 is 0 Å². The maximum atomic E-state index is 11.7. The Labute approximate surface area is 128 Å². The average molecular weight is 329 g/mol. The lowest BCUT2D eigenvalue weighted by Crippen LogP contribution is -2.46. The summed E-state index contributed by atoms with van der Waals surface area (Å²) in [7, 11) is -4.12. The van der Waals surface area contributed by atoms with Gasteiger partial charge in [-0.1, -0.05) is 30.3 Å². The summed E-state index contributed by atoms with van der Waals surface area (Å²) < 4.78 is 29.4. The first kappa shape index (κ1) is 18.1. The van der Waals surface area contributed by atoms with Crippen LogP contribution in [0.3, 0.4) is 0 Å². The van der Waals surface area contributed by atoms with E-state index in [1.54, 1.807) is 0 Å². The summed E-state index contributed by atoms with van der Waals surface area (Å²) in [5.74, 6) is -1.63. The maximum Gasteiger partial charge on any atom is 0.266 e. The third kappa shape index (κ3) is 7.72. The molecule has 1 rings (SSSR count). The van der Waals surface area contributed by atoms with Gasteiger partial charge in [0, 0.05) is 6.54 Å². The minimum Gasteiger partial charge on any atom is -0.353 e. The highest BCUT2D eigenvalue weighted by Crippen LogP contribution is 2.01. The minimum atomic E-state index is -4.12. The third-order valence-electron chi connectivity index (χ3n) is 2.74. The lowest BCUT2D eigenvalue weighted by atomic mass is 10.1. The van der Waals surface area contributed by atoms with Crippen LogP contribution in [0.25, 0.3) is 0 Å². The highest BCUT2D eigenvalue weighted by molar-refractivity contribution is 7.85. The van der Waals surface area contributed by atoms with Gasteiger partial charge in [0.2, 0.25) is 11.8 Å². The van der Waals surface area contributed by atoms with E-state index in [-0.39, 0.29) is 13.1 Å². The molecule has 122 valence electrons. The fourth-order valence-electron chi connectivity index (χ4n) is 1.64. The van der Waals surface area contributed by atoms with E-state index in [4.69, 9.17) is 10.3 Å². The molecule has 1 atom stereocenters. The van der Waals surface area contributed by atoms with Crippen molar-refractivity contribution in [2.24, 2.45) is 5.73 Å².